The van der Waals surface area contributed by atoms with E-state index < -0.39 is 0 Å². The zero-order valence-corrected chi connectivity index (χ0v) is 17.5. The van der Waals surface area contributed by atoms with Gasteiger partial charge in [-0.3, -0.25) is 0 Å². The third-order valence-electron chi connectivity index (χ3n) is 4.53. The highest BCUT2D eigenvalue weighted by atomic mass is 32.2. The maximum absolute atomic E-state index is 6.04. The van der Waals surface area contributed by atoms with E-state index in [4.69, 9.17) is 4.74 Å². The predicted molar refractivity (Wildman–Crippen MR) is 121 cm³/mol. The molecular formula is C24H22N4OS. The van der Waals surface area contributed by atoms with Crippen molar-refractivity contribution in [3.63, 3.8) is 0 Å². The second-order valence-electron chi connectivity index (χ2n) is 6.63. The first-order valence-corrected chi connectivity index (χ1v) is 10.9. The van der Waals surface area contributed by atoms with E-state index in [-0.39, 0.29) is 0 Å². The fraction of sp³-hybridized carbons (Fsp3) is 0.125. The van der Waals surface area contributed by atoms with E-state index in [1.807, 2.05) is 66.9 Å². The lowest BCUT2D eigenvalue weighted by molar-refractivity contribution is 0.306. The van der Waals surface area contributed by atoms with Crippen molar-refractivity contribution in [2.75, 3.05) is 6.26 Å². The third kappa shape index (κ3) is 4.96. The maximum Gasteiger partial charge on any atom is 0.211 e. The molecule has 0 saturated carbocycles. The van der Waals surface area contributed by atoms with E-state index in [2.05, 4.69) is 39.6 Å². The standard InChI is InChI=1S/C24H22N4OS/c1-30-24-27-26-23(16-19-10-4-2-5-11-19)28(24)25-17-21-14-8-9-15-22(21)29-18-20-12-6-3-7-13-20/h2-15,17H,16,18H2,1H3/b25-17-. The Labute approximate surface area is 180 Å². The highest BCUT2D eigenvalue weighted by molar-refractivity contribution is 7.98. The van der Waals surface area contributed by atoms with Crippen LogP contribution < -0.4 is 4.74 Å². The van der Waals surface area contributed by atoms with Crippen molar-refractivity contribution >= 4 is 18.0 Å². The molecule has 0 bridgehead atoms. The van der Waals surface area contributed by atoms with Gasteiger partial charge >= 0.3 is 0 Å². The van der Waals surface area contributed by atoms with Crippen molar-refractivity contribution in [2.24, 2.45) is 5.10 Å². The average Bonchev–Trinajstić information content (AvgIpc) is 3.19. The third-order valence-corrected chi connectivity index (χ3v) is 5.15. The van der Waals surface area contributed by atoms with E-state index in [1.54, 1.807) is 10.9 Å². The summed E-state index contributed by atoms with van der Waals surface area (Å²) in [7, 11) is 0. The highest BCUT2D eigenvalue weighted by Crippen LogP contribution is 2.20. The van der Waals surface area contributed by atoms with Gasteiger partial charge in [-0.2, -0.15) is 9.78 Å². The molecule has 0 fully saturated rings. The van der Waals surface area contributed by atoms with Crippen LogP contribution in [-0.4, -0.2) is 27.3 Å². The van der Waals surface area contributed by atoms with Crippen molar-refractivity contribution in [2.45, 2.75) is 18.2 Å². The normalized spacial score (nSPS) is 11.1. The lowest BCUT2D eigenvalue weighted by atomic mass is 10.1. The molecule has 0 saturated heterocycles. The highest BCUT2D eigenvalue weighted by Gasteiger charge is 2.11. The van der Waals surface area contributed by atoms with Crippen LogP contribution in [0.15, 0.2) is 95.2 Å². The first-order chi connectivity index (χ1) is 14.8. The molecule has 0 N–H and O–H groups in total. The summed E-state index contributed by atoms with van der Waals surface area (Å²) in [6, 6.07) is 28.2. The Balaban J connectivity index is 1.56. The molecule has 1 aromatic heterocycles. The minimum absolute atomic E-state index is 0.508. The van der Waals surface area contributed by atoms with Crippen molar-refractivity contribution in [3.8, 4) is 5.75 Å². The maximum atomic E-state index is 6.04. The van der Waals surface area contributed by atoms with Crippen LogP contribution in [0.1, 0.15) is 22.5 Å². The molecule has 0 spiro atoms. The lowest BCUT2D eigenvalue weighted by Crippen LogP contribution is -2.02. The summed E-state index contributed by atoms with van der Waals surface area (Å²) in [5.41, 5.74) is 3.19. The van der Waals surface area contributed by atoms with E-state index in [0.717, 1.165) is 27.9 Å². The van der Waals surface area contributed by atoms with Crippen molar-refractivity contribution < 1.29 is 4.74 Å². The van der Waals surface area contributed by atoms with Gasteiger partial charge in [-0.1, -0.05) is 84.6 Å². The van der Waals surface area contributed by atoms with Gasteiger partial charge in [-0.15, -0.1) is 10.2 Å². The predicted octanol–water partition coefficient (Wildman–Crippen LogP) is 5.05. The van der Waals surface area contributed by atoms with Crippen molar-refractivity contribution in [3.05, 3.63) is 107 Å². The topological polar surface area (TPSA) is 52.3 Å². The number of aromatic nitrogens is 3. The molecule has 0 radical (unpaired) electrons. The number of nitrogens with zero attached hydrogens (tertiary/aromatic N) is 4. The van der Waals surface area contributed by atoms with Gasteiger partial charge in [0.1, 0.15) is 12.4 Å². The molecule has 1 heterocycles. The summed E-state index contributed by atoms with van der Waals surface area (Å²) in [4.78, 5) is 0. The number of thioether (sulfide) groups is 1. The molecule has 6 heteroatoms. The molecule has 30 heavy (non-hydrogen) atoms. The Morgan fingerprint density at radius 3 is 2.27 bits per heavy atom. The first kappa shape index (κ1) is 19.9. The Morgan fingerprint density at radius 1 is 0.867 bits per heavy atom. The van der Waals surface area contributed by atoms with Crippen LogP contribution in [0.25, 0.3) is 0 Å². The van der Waals surface area contributed by atoms with Crippen LogP contribution in [0.5, 0.6) is 5.75 Å². The molecule has 0 atom stereocenters. The molecule has 0 amide bonds. The number of hydrogen-bond donors (Lipinski definition) is 0. The van der Waals surface area contributed by atoms with Gasteiger partial charge in [-0.05, 0) is 29.5 Å². The second-order valence-corrected chi connectivity index (χ2v) is 7.41. The van der Waals surface area contributed by atoms with Crippen molar-refractivity contribution in [1.82, 2.24) is 14.9 Å². The zero-order chi connectivity index (χ0) is 20.6. The minimum Gasteiger partial charge on any atom is -0.488 e. The Morgan fingerprint density at radius 2 is 1.53 bits per heavy atom. The largest absolute Gasteiger partial charge is 0.488 e. The number of ether oxygens (including phenoxy) is 1. The summed E-state index contributed by atoms with van der Waals surface area (Å²) in [6.45, 7) is 0.508. The van der Waals surface area contributed by atoms with Gasteiger partial charge in [0.15, 0.2) is 5.82 Å². The number of benzene rings is 3. The second kappa shape index (κ2) is 9.89. The lowest BCUT2D eigenvalue weighted by Gasteiger charge is -2.09. The van der Waals surface area contributed by atoms with Crippen LogP contribution in [-0.2, 0) is 13.0 Å². The monoisotopic (exact) mass is 414 g/mol. The number of para-hydroxylation sites is 1. The van der Waals surface area contributed by atoms with Gasteiger partial charge in [0.2, 0.25) is 5.16 Å². The van der Waals surface area contributed by atoms with E-state index in [9.17, 15) is 0 Å². The molecule has 0 aliphatic carbocycles. The molecule has 150 valence electrons. The van der Waals surface area contributed by atoms with Crippen molar-refractivity contribution in [1.29, 1.82) is 0 Å². The van der Waals surface area contributed by atoms with Crippen LogP contribution >= 0.6 is 11.8 Å². The molecule has 5 nitrogen and oxygen atoms in total. The molecular weight excluding hydrogens is 392 g/mol. The number of hydrogen-bond acceptors (Lipinski definition) is 5. The Kier molecular flexibility index (Phi) is 6.57. The fourth-order valence-corrected chi connectivity index (χ4v) is 3.45. The summed E-state index contributed by atoms with van der Waals surface area (Å²) in [5, 5.41) is 14.0. The molecule has 4 rings (SSSR count). The quantitative estimate of drug-likeness (QED) is 0.299. The van der Waals surface area contributed by atoms with Gasteiger partial charge in [0.25, 0.3) is 0 Å². The molecule has 0 unspecified atom stereocenters. The van der Waals surface area contributed by atoms with Gasteiger partial charge in [-0.25, -0.2) is 0 Å². The molecule has 4 aromatic rings. The molecule has 0 aliphatic rings. The van der Waals surface area contributed by atoms with Crippen LogP contribution in [0.4, 0.5) is 0 Å². The fourth-order valence-electron chi connectivity index (χ4n) is 3.00. The van der Waals surface area contributed by atoms with Gasteiger partial charge < -0.3 is 4.74 Å². The van der Waals surface area contributed by atoms with Crippen LogP contribution in [0.2, 0.25) is 0 Å². The van der Waals surface area contributed by atoms with Crippen LogP contribution in [0.3, 0.4) is 0 Å². The van der Waals surface area contributed by atoms with E-state index >= 15 is 0 Å². The minimum atomic E-state index is 0.508. The Hall–Kier alpha value is -3.38. The molecule has 0 aliphatic heterocycles. The summed E-state index contributed by atoms with van der Waals surface area (Å²) >= 11 is 1.52. The van der Waals surface area contributed by atoms with E-state index in [1.165, 1.54) is 17.3 Å². The van der Waals surface area contributed by atoms with Crippen LogP contribution in [0, 0.1) is 0 Å². The van der Waals surface area contributed by atoms with Gasteiger partial charge in [0, 0.05) is 12.0 Å². The summed E-state index contributed by atoms with van der Waals surface area (Å²) in [6.07, 6.45) is 4.44. The summed E-state index contributed by atoms with van der Waals surface area (Å²) in [5.74, 6) is 1.58. The van der Waals surface area contributed by atoms with Gasteiger partial charge in [0.05, 0.1) is 6.21 Å². The first-order valence-electron chi connectivity index (χ1n) is 9.66. The van der Waals surface area contributed by atoms with E-state index in [0.29, 0.717) is 13.0 Å². The average molecular weight is 415 g/mol. The smallest absolute Gasteiger partial charge is 0.211 e. The summed E-state index contributed by atoms with van der Waals surface area (Å²) < 4.78 is 7.84. The number of rotatable bonds is 8. The molecule has 3 aromatic carbocycles. The Bertz CT molecular complexity index is 1110. The SMILES string of the molecule is CSc1nnc(Cc2ccccc2)n1/N=C\c1ccccc1OCc1ccccc1. The zero-order valence-electron chi connectivity index (χ0n) is 16.7.